The van der Waals surface area contributed by atoms with E-state index < -0.39 is 6.04 Å². The van der Waals surface area contributed by atoms with Gasteiger partial charge in [-0.25, -0.2) is 0 Å². The number of amides is 2. The molecule has 1 saturated carbocycles. The standard InChI is InChI=1S/C20H30N2O2/c1-4-19(23)22(14-17-12-10-15(2)11-13-17)16(3)20(24)21-18-8-6-5-7-9-18/h10-13,16,18H,4-9,14H2,1-3H3,(H,21,24)/t16-/m0/s1. The lowest BCUT2D eigenvalue weighted by molar-refractivity contribution is -0.140. The third-order valence-corrected chi connectivity index (χ3v) is 4.89. The van der Waals surface area contributed by atoms with Crippen LogP contribution >= 0.6 is 0 Å². The average molecular weight is 330 g/mol. The Hall–Kier alpha value is -1.84. The summed E-state index contributed by atoms with van der Waals surface area (Å²) in [7, 11) is 0. The van der Waals surface area contributed by atoms with Crippen molar-refractivity contribution in [3.05, 3.63) is 35.4 Å². The van der Waals surface area contributed by atoms with E-state index in [1.165, 1.54) is 24.8 Å². The zero-order valence-corrected chi connectivity index (χ0v) is 15.2. The van der Waals surface area contributed by atoms with Crippen LogP contribution in [0.2, 0.25) is 0 Å². The first-order valence-corrected chi connectivity index (χ1v) is 9.16. The number of nitrogens with zero attached hydrogens (tertiary/aromatic N) is 1. The first kappa shape index (κ1) is 18.5. The second-order valence-corrected chi connectivity index (χ2v) is 6.88. The predicted molar refractivity (Wildman–Crippen MR) is 96.5 cm³/mol. The Labute approximate surface area is 145 Å². The summed E-state index contributed by atoms with van der Waals surface area (Å²) in [5.41, 5.74) is 2.25. The molecule has 1 aliphatic carbocycles. The van der Waals surface area contributed by atoms with Crippen molar-refractivity contribution in [1.29, 1.82) is 0 Å². The lowest BCUT2D eigenvalue weighted by Crippen LogP contribution is -2.50. The van der Waals surface area contributed by atoms with Gasteiger partial charge in [0.15, 0.2) is 0 Å². The predicted octanol–water partition coefficient (Wildman–Crippen LogP) is 3.57. The van der Waals surface area contributed by atoms with Crippen LogP contribution in [-0.4, -0.2) is 28.8 Å². The van der Waals surface area contributed by atoms with Crippen molar-refractivity contribution in [3.8, 4) is 0 Å². The van der Waals surface area contributed by atoms with Gasteiger partial charge in [-0.1, -0.05) is 56.0 Å². The van der Waals surface area contributed by atoms with Crippen molar-refractivity contribution in [1.82, 2.24) is 10.2 Å². The molecule has 24 heavy (non-hydrogen) atoms. The van der Waals surface area contributed by atoms with E-state index in [1.807, 2.05) is 45.0 Å². The summed E-state index contributed by atoms with van der Waals surface area (Å²) in [5, 5.41) is 3.14. The lowest BCUT2D eigenvalue weighted by Gasteiger charge is -2.31. The summed E-state index contributed by atoms with van der Waals surface area (Å²) in [6.07, 6.45) is 6.14. The summed E-state index contributed by atoms with van der Waals surface area (Å²) in [4.78, 5) is 26.7. The second-order valence-electron chi connectivity index (χ2n) is 6.88. The molecule has 1 N–H and O–H groups in total. The van der Waals surface area contributed by atoms with E-state index in [0.717, 1.165) is 18.4 Å². The Morgan fingerprint density at radius 1 is 1.17 bits per heavy atom. The number of benzene rings is 1. The summed E-state index contributed by atoms with van der Waals surface area (Å²) in [6, 6.07) is 7.95. The average Bonchev–Trinajstić information content (AvgIpc) is 2.61. The summed E-state index contributed by atoms with van der Waals surface area (Å²) in [5.74, 6) is -0.0160. The molecule has 0 aromatic heterocycles. The number of aryl methyl sites for hydroxylation is 1. The van der Waals surface area contributed by atoms with Gasteiger partial charge in [0.2, 0.25) is 11.8 Å². The molecule has 0 heterocycles. The molecule has 132 valence electrons. The number of rotatable bonds is 6. The number of nitrogens with one attached hydrogen (secondary N) is 1. The summed E-state index contributed by atoms with van der Waals surface area (Å²) in [6.45, 7) is 6.20. The Morgan fingerprint density at radius 2 is 1.79 bits per heavy atom. The number of hydrogen-bond donors (Lipinski definition) is 1. The molecule has 4 heteroatoms. The number of carbonyl (C=O) groups excluding carboxylic acids is 2. The Balaban J connectivity index is 2.03. The monoisotopic (exact) mass is 330 g/mol. The zero-order chi connectivity index (χ0) is 17.5. The highest BCUT2D eigenvalue weighted by Gasteiger charge is 2.27. The van der Waals surface area contributed by atoms with E-state index in [-0.39, 0.29) is 17.9 Å². The van der Waals surface area contributed by atoms with Gasteiger partial charge in [0.1, 0.15) is 6.04 Å². The van der Waals surface area contributed by atoms with E-state index in [1.54, 1.807) is 4.90 Å². The van der Waals surface area contributed by atoms with E-state index in [4.69, 9.17) is 0 Å². The molecule has 0 spiro atoms. The normalized spacial score (nSPS) is 16.5. The fourth-order valence-corrected chi connectivity index (χ4v) is 3.24. The topological polar surface area (TPSA) is 49.4 Å². The number of hydrogen-bond acceptors (Lipinski definition) is 2. The van der Waals surface area contributed by atoms with Crippen LogP contribution in [0, 0.1) is 6.92 Å². The molecule has 1 aromatic carbocycles. The molecule has 0 radical (unpaired) electrons. The lowest BCUT2D eigenvalue weighted by atomic mass is 9.95. The second kappa shape index (κ2) is 8.86. The molecule has 0 unspecified atom stereocenters. The van der Waals surface area contributed by atoms with Gasteiger partial charge in [-0.15, -0.1) is 0 Å². The Bertz CT molecular complexity index is 547. The molecule has 4 nitrogen and oxygen atoms in total. The molecule has 1 fully saturated rings. The first-order valence-electron chi connectivity index (χ1n) is 9.16. The molecule has 0 bridgehead atoms. The van der Waals surface area contributed by atoms with Crippen molar-refractivity contribution < 1.29 is 9.59 Å². The maximum atomic E-state index is 12.6. The van der Waals surface area contributed by atoms with Gasteiger partial charge in [0.05, 0.1) is 0 Å². The smallest absolute Gasteiger partial charge is 0.242 e. The molecular formula is C20H30N2O2. The van der Waals surface area contributed by atoms with Crippen molar-refractivity contribution in [2.24, 2.45) is 0 Å². The van der Waals surface area contributed by atoms with Crippen LogP contribution in [0.5, 0.6) is 0 Å². The van der Waals surface area contributed by atoms with Gasteiger partial charge in [-0.3, -0.25) is 9.59 Å². The highest BCUT2D eigenvalue weighted by Crippen LogP contribution is 2.18. The largest absolute Gasteiger partial charge is 0.352 e. The van der Waals surface area contributed by atoms with Crippen LogP contribution < -0.4 is 5.32 Å². The third-order valence-electron chi connectivity index (χ3n) is 4.89. The van der Waals surface area contributed by atoms with Crippen LogP contribution in [-0.2, 0) is 16.1 Å². The van der Waals surface area contributed by atoms with E-state index in [2.05, 4.69) is 5.32 Å². The van der Waals surface area contributed by atoms with E-state index in [0.29, 0.717) is 13.0 Å². The van der Waals surface area contributed by atoms with E-state index in [9.17, 15) is 9.59 Å². The molecule has 1 atom stereocenters. The van der Waals surface area contributed by atoms with Crippen LogP contribution in [0.15, 0.2) is 24.3 Å². The van der Waals surface area contributed by atoms with Crippen LogP contribution in [0.25, 0.3) is 0 Å². The molecule has 2 amide bonds. The maximum absolute atomic E-state index is 12.6. The highest BCUT2D eigenvalue weighted by molar-refractivity contribution is 5.87. The maximum Gasteiger partial charge on any atom is 0.242 e. The van der Waals surface area contributed by atoms with Crippen LogP contribution in [0.4, 0.5) is 0 Å². The van der Waals surface area contributed by atoms with Gasteiger partial charge >= 0.3 is 0 Å². The fraction of sp³-hybridized carbons (Fsp3) is 0.600. The minimum absolute atomic E-state index is 0.0156. The summed E-state index contributed by atoms with van der Waals surface area (Å²) < 4.78 is 0. The molecule has 0 saturated heterocycles. The highest BCUT2D eigenvalue weighted by atomic mass is 16.2. The Morgan fingerprint density at radius 3 is 2.38 bits per heavy atom. The van der Waals surface area contributed by atoms with Crippen LogP contribution in [0.3, 0.4) is 0 Å². The molecule has 0 aliphatic heterocycles. The molecular weight excluding hydrogens is 300 g/mol. The van der Waals surface area contributed by atoms with Crippen molar-refractivity contribution in [3.63, 3.8) is 0 Å². The minimum Gasteiger partial charge on any atom is -0.352 e. The van der Waals surface area contributed by atoms with Gasteiger partial charge in [0.25, 0.3) is 0 Å². The zero-order valence-electron chi connectivity index (χ0n) is 15.2. The quantitative estimate of drug-likeness (QED) is 0.867. The van der Waals surface area contributed by atoms with Crippen LogP contribution in [0.1, 0.15) is 63.5 Å². The van der Waals surface area contributed by atoms with Crippen molar-refractivity contribution in [2.75, 3.05) is 0 Å². The van der Waals surface area contributed by atoms with Crippen molar-refractivity contribution >= 4 is 11.8 Å². The van der Waals surface area contributed by atoms with E-state index >= 15 is 0 Å². The van der Waals surface area contributed by atoms with Gasteiger partial charge in [-0.2, -0.15) is 0 Å². The number of carbonyl (C=O) groups is 2. The third kappa shape index (κ3) is 5.08. The molecule has 1 aromatic rings. The first-order chi connectivity index (χ1) is 11.5. The van der Waals surface area contributed by atoms with Gasteiger partial charge in [0, 0.05) is 19.0 Å². The summed E-state index contributed by atoms with van der Waals surface area (Å²) >= 11 is 0. The fourth-order valence-electron chi connectivity index (χ4n) is 3.24. The SMILES string of the molecule is CCC(=O)N(Cc1ccc(C)cc1)[C@@H](C)C(=O)NC1CCCCC1. The van der Waals surface area contributed by atoms with Gasteiger partial charge < -0.3 is 10.2 Å². The van der Waals surface area contributed by atoms with Gasteiger partial charge in [-0.05, 0) is 32.3 Å². The Kier molecular flexibility index (Phi) is 6.83. The molecule has 1 aliphatic rings. The molecule has 2 rings (SSSR count). The van der Waals surface area contributed by atoms with Crippen molar-refractivity contribution in [2.45, 2.75) is 77.9 Å². The minimum atomic E-state index is -0.444.